The molecule has 0 aromatic heterocycles. The molecule has 6 nitrogen and oxygen atoms in total. The van der Waals surface area contributed by atoms with Crippen molar-refractivity contribution in [3.05, 3.63) is 0 Å². The summed E-state index contributed by atoms with van der Waals surface area (Å²) >= 11 is 0. The second kappa shape index (κ2) is 6.44. The van der Waals surface area contributed by atoms with Gasteiger partial charge in [0.15, 0.2) is 0 Å². The van der Waals surface area contributed by atoms with Crippen LogP contribution >= 0.6 is 0 Å². The molecular formula is C10H16O6. The smallest absolute Gasteiger partial charge is 0.302 e. The Hall–Kier alpha value is -1.14. The van der Waals surface area contributed by atoms with E-state index in [0.29, 0.717) is 13.2 Å². The van der Waals surface area contributed by atoms with E-state index in [9.17, 15) is 9.59 Å². The summed E-state index contributed by atoms with van der Waals surface area (Å²) in [6.45, 7) is 3.73. The van der Waals surface area contributed by atoms with Crippen molar-refractivity contribution < 1.29 is 28.5 Å². The van der Waals surface area contributed by atoms with Gasteiger partial charge >= 0.3 is 11.9 Å². The molecule has 0 unspecified atom stereocenters. The molecule has 2 atom stereocenters. The van der Waals surface area contributed by atoms with E-state index in [1.54, 1.807) is 0 Å². The van der Waals surface area contributed by atoms with E-state index >= 15 is 0 Å². The molecule has 92 valence electrons. The van der Waals surface area contributed by atoms with Gasteiger partial charge in [-0.3, -0.25) is 9.59 Å². The quantitative estimate of drug-likeness (QED) is 0.630. The minimum absolute atomic E-state index is 0.190. The van der Waals surface area contributed by atoms with Gasteiger partial charge in [-0.25, -0.2) is 0 Å². The number of hydrogen-bond donors (Lipinski definition) is 0. The summed E-state index contributed by atoms with van der Waals surface area (Å²) in [6, 6.07) is 0. The maximum absolute atomic E-state index is 10.6. The monoisotopic (exact) mass is 232 g/mol. The van der Waals surface area contributed by atoms with E-state index in [4.69, 9.17) is 18.9 Å². The molecule has 6 heteroatoms. The highest BCUT2D eigenvalue weighted by Gasteiger charge is 2.23. The fourth-order valence-electron chi connectivity index (χ4n) is 1.20. The van der Waals surface area contributed by atoms with Crippen LogP contribution in [0, 0.1) is 0 Å². The van der Waals surface area contributed by atoms with Crippen molar-refractivity contribution in [1.82, 2.24) is 0 Å². The lowest BCUT2D eigenvalue weighted by Crippen LogP contribution is -2.40. The lowest BCUT2D eigenvalue weighted by molar-refractivity contribution is -0.178. The first-order valence-corrected chi connectivity index (χ1v) is 5.08. The molecule has 1 saturated heterocycles. The average Bonchev–Trinajstić information content (AvgIpc) is 2.25. The molecule has 1 aliphatic rings. The van der Waals surface area contributed by atoms with Gasteiger partial charge in [-0.1, -0.05) is 0 Å². The van der Waals surface area contributed by atoms with Crippen molar-refractivity contribution in [2.24, 2.45) is 0 Å². The highest BCUT2D eigenvalue weighted by atomic mass is 16.6. The van der Waals surface area contributed by atoms with Crippen molar-refractivity contribution >= 4 is 11.9 Å². The van der Waals surface area contributed by atoms with Crippen molar-refractivity contribution in [3.63, 3.8) is 0 Å². The summed E-state index contributed by atoms with van der Waals surface area (Å²) in [6.07, 6.45) is -0.477. The molecule has 0 amide bonds. The maximum Gasteiger partial charge on any atom is 0.302 e. The van der Waals surface area contributed by atoms with E-state index in [0.717, 1.165) is 0 Å². The Morgan fingerprint density at radius 2 is 1.38 bits per heavy atom. The Bertz CT molecular complexity index is 218. The van der Waals surface area contributed by atoms with Crippen LogP contribution in [0.15, 0.2) is 0 Å². The van der Waals surface area contributed by atoms with E-state index in [1.807, 2.05) is 0 Å². The fraction of sp³-hybridized carbons (Fsp3) is 0.800. The molecule has 0 radical (unpaired) electrons. The minimum atomic E-state index is -0.342. The third-order valence-electron chi connectivity index (χ3n) is 1.98. The van der Waals surface area contributed by atoms with Crippen LogP contribution in [0.1, 0.15) is 13.8 Å². The van der Waals surface area contributed by atoms with Gasteiger partial charge < -0.3 is 18.9 Å². The molecule has 0 aliphatic carbocycles. The molecule has 1 heterocycles. The predicted molar refractivity (Wildman–Crippen MR) is 52.7 cm³/mol. The predicted octanol–water partition coefficient (Wildman–Crippen LogP) is -0.103. The van der Waals surface area contributed by atoms with E-state index in [-0.39, 0.29) is 37.4 Å². The first-order valence-electron chi connectivity index (χ1n) is 5.08. The zero-order valence-electron chi connectivity index (χ0n) is 9.43. The van der Waals surface area contributed by atoms with Gasteiger partial charge in [-0.15, -0.1) is 0 Å². The van der Waals surface area contributed by atoms with Gasteiger partial charge in [-0.2, -0.15) is 0 Å². The third-order valence-corrected chi connectivity index (χ3v) is 1.98. The van der Waals surface area contributed by atoms with Crippen LogP contribution in [0.25, 0.3) is 0 Å². The number of rotatable bonds is 4. The van der Waals surface area contributed by atoms with Crippen molar-refractivity contribution in [3.8, 4) is 0 Å². The summed E-state index contributed by atoms with van der Waals surface area (Å²) in [7, 11) is 0. The molecule has 0 aromatic carbocycles. The average molecular weight is 232 g/mol. The summed E-state index contributed by atoms with van der Waals surface area (Å²) in [4.78, 5) is 21.1. The first kappa shape index (κ1) is 12.9. The lowest BCUT2D eigenvalue weighted by atomic mass is 10.3. The zero-order valence-corrected chi connectivity index (χ0v) is 9.43. The number of ether oxygens (including phenoxy) is 4. The van der Waals surface area contributed by atoms with Crippen LogP contribution in [0.3, 0.4) is 0 Å². The molecule has 1 aliphatic heterocycles. The second-order valence-electron chi connectivity index (χ2n) is 3.52. The maximum atomic E-state index is 10.6. The third kappa shape index (κ3) is 5.09. The molecule has 0 spiro atoms. The van der Waals surface area contributed by atoms with Crippen LogP contribution in [0.4, 0.5) is 0 Å². The zero-order chi connectivity index (χ0) is 12.0. The lowest BCUT2D eigenvalue weighted by Gasteiger charge is -2.28. The highest BCUT2D eigenvalue weighted by molar-refractivity contribution is 5.66. The second-order valence-corrected chi connectivity index (χ2v) is 3.52. The number of carbonyl (C=O) groups is 2. The van der Waals surface area contributed by atoms with E-state index in [2.05, 4.69) is 0 Å². The van der Waals surface area contributed by atoms with E-state index < -0.39 is 0 Å². The molecule has 1 fully saturated rings. The van der Waals surface area contributed by atoms with Crippen molar-refractivity contribution in [1.29, 1.82) is 0 Å². The topological polar surface area (TPSA) is 71.1 Å². The minimum Gasteiger partial charge on any atom is -0.463 e. The number of carbonyl (C=O) groups excluding carboxylic acids is 2. The number of esters is 2. The Balaban J connectivity index is 2.13. The molecule has 0 N–H and O–H groups in total. The molecule has 1 rings (SSSR count). The Morgan fingerprint density at radius 1 is 1.00 bits per heavy atom. The summed E-state index contributed by atoms with van der Waals surface area (Å²) in [5.74, 6) is -0.684. The van der Waals surface area contributed by atoms with E-state index in [1.165, 1.54) is 13.8 Å². The van der Waals surface area contributed by atoms with Crippen LogP contribution in [-0.4, -0.2) is 50.6 Å². The summed E-state index contributed by atoms with van der Waals surface area (Å²) in [5, 5.41) is 0. The van der Waals surface area contributed by atoms with Crippen LogP contribution in [0.2, 0.25) is 0 Å². The van der Waals surface area contributed by atoms with Gasteiger partial charge in [-0.05, 0) is 0 Å². The molecule has 0 aromatic rings. The van der Waals surface area contributed by atoms with Gasteiger partial charge in [0.25, 0.3) is 0 Å². The van der Waals surface area contributed by atoms with Crippen LogP contribution in [-0.2, 0) is 28.5 Å². The summed E-state index contributed by atoms with van der Waals surface area (Å²) in [5.41, 5.74) is 0. The summed E-state index contributed by atoms with van der Waals surface area (Å²) < 4.78 is 20.3. The highest BCUT2D eigenvalue weighted by Crippen LogP contribution is 2.08. The Kier molecular flexibility index (Phi) is 5.21. The van der Waals surface area contributed by atoms with Gasteiger partial charge in [0, 0.05) is 13.8 Å². The van der Waals surface area contributed by atoms with Crippen molar-refractivity contribution in [2.75, 3.05) is 26.4 Å². The molecule has 0 saturated carbocycles. The Labute approximate surface area is 93.8 Å². The normalized spacial score (nSPS) is 24.9. The van der Waals surface area contributed by atoms with Gasteiger partial charge in [0.05, 0.1) is 13.2 Å². The number of hydrogen-bond acceptors (Lipinski definition) is 6. The Morgan fingerprint density at radius 3 is 1.62 bits per heavy atom. The fourth-order valence-corrected chi connectivity index (χ4v) is 1.20. The van der Waals surface area contributed by atoms with Crippen LogP contribution in [0.5, 0.6) is 0 Å². The van der Waals surface area contributed by atoms with Crippen LogP contribution < -0.4 is 0 Å². The van der Waals surface area contributed by atoms with Gasteiger partial charge in [0.2, 0.25) is 0 Å². The largest absolute Gasteiger partial charge is 0.463 e. The molecule has 16 heavy (non-hydrogen) atoms. The van der Waals surface area contributed by atoms with Crippen molar-refractivity contribution in [2.45, 2.75) is 26.1 Å². The standard InChI is InChI=1S/C10H16O6/c1-7(11)13-3-9-5-16-10(6-15-9)4-14-8(2)12/h9-10H,3-6H2,1-2H3/t9-,10-/m1/s1. The molecule has 0 bridgehead atoms. The first-order chi connectivity index (χ1) is 7.58. The van der Waals surface area contributed by atoms with Gasteiger partial charge in [0.1, 0.15) is 25.4 Å². The SMILES string of the molecule is CC(=O)OC[C@@H]1CO[C@H](COC(C)=O)CO1. The molecular weight excluding hydrogens is 216 g/mol.